The SMILES string of the molecule is CC(=O)OC[C@H]1O[C@@H](Sc2nc(-c3ccccc3)cc(-c3ccccc3)c2C#N)[C@H](OC(C)=O)[C@@H](OC(C)=O)[C@H]1OC(C)=O. The monoisotopic (exact) mass is 618 g/mol. The Bertz CT molecular complexity index is 1560. The Balaban J connectivity index is 1.87. The lowest BCUT2D eigenvalue weighted by Crippen LogP contribution is -2.61. The highest BCUT2D eigenvalue weighted by atomic mass is 32.2. The fraction of sp³-hybridized carbons (Fsp3) is 0.312. The lowest BCUT2D eigenvalue weighted by atomic mass is 9.99. The second-order valence-corrected chi connectivity index (χ2v) is 10.9. The van der Waals surface area contributed by atoms with E-state index in [1.165, 1.54) is 13.8 Å². The molecule has 0 unspecified atom stereocenters. The van der Waals surface area contributed by atoms with Crippen LogP contribution < -0.4 is 0 Å². The van der Waals surface area contributed by atoms with Gasteiger partial charge in [0.15, 0.2) is 23.7 Å². The van der Waals surface area contributed by atoms with Gasteiger partial charge in [0.1, 0.15) is 23.8 Å². The first-order valence-corrected chi connectivity index (χ1v) is 14.5. The van der Waals surface area contributed by atoms with E-state index in [1.807, 2.05) is 66.7 Å². The number of nitrogens with zero attached hydrogens (tertiary/aromatic N) is 2. The van der Waals surface area contributed by atoms with Gasteiger partial charge in [0, 0.05) is 38.8 Å². The summed E-state index contributed by atoms with van der Waals surface area (Å²) >= 11 is 0.968. The van der Waals surface area contributed by atoms with Crippen molar-refractivity contribution in [3.05, 3.63) is 72.3 Å². The van der Waals surface area contributed by atoms with Crippen molar-refractivity contribution in [2.45, 2.75) is 62.6 Å². The molecule has 1 saturated heterocycles. The molecular formula is C32H30N2O9S. The van der Waals surface area contributed by atoms with Crippen molar-refractivity contribution in [1.82, 2.24) is 4.98 Å². The Kier molecular flexibility index (Phi) is 10.7. The zero-order valence-corrected chi connectivity index (χ0v) is 25.2. The molecule has 2 aromatic carbocycles. The van der Waals surface area contributed by atoms with Gasteiger partial charge < -0.3 is 23.7 Å². The Morgan fingerprint density at radius 3 is 1.89 bits per heavy atom. The molecule has 1 aliphatic heterocycles. The molecule has 0 spiro atoms. The van der Waals surface area contributed by atoms with Crippen molar-refractivity contribution in [2.24, 2.45) is 0 Å². The quantitative estimate of drug-likeness (QED) is 0.246. The molecule has 1 fully saturated rings. The van der Waals surface area contributed by atoms with Crippen molar-refractivity contribution < 1.29 is 42.9 Å². The summed E-state index contributed by atoms with van der Waals surface area (Å²) in [6, 6.07) is 22.7. The van der Waals surface area contributed by atoms with Gasteiger partial charge in [0.05, 0.1) is 11.3 Å². The molecule has 11 nitrogen and oxygen atoms in total. The molecule has 0 N–H and O–H groups in total. The molecule has 228 valence electrons. The van der Waals surface area contributed by atoms with Gasteiger partial charge in [-0.2, -0.15) is 5.26 Å². The minimum absolute atomic E-state index is 0.230. The third kappa shape index (κ3) is 8.00. The van der Waals surface area contributed by atoms with Crippen LogP contribution >= 0.6 is 11.8 Å². The van der Waals surface area contributed by atoms with Crippen LogP contribution in [-0.4, -0.2) is 65.3 Å². The van der Waals surface area contributed by atoms with Gasteiger partial charge in [0.25, 0.3) is 0 Å². The molecule has 0 saturated carbocycles. The van der Waals surface area contributed by atoms with Crippen molar-refractivity contribution in [3.63, 3.8) is 0 Å². The second-order valence-electron chi connectivity index (χ2n) is 9.76. The number of hydrogen-bond acceptors (Lipinski definition) is 12. The van der Waals surface area contributed by atoms with Crippen LogP contribution in [0.15, 0.2) is 71.8 Å². The zero-order valence-electron chi connectivity index (χ0n) is 24.4. The Hall–Kier alpha value is -4.73. The predicted molar refractivity (Wildman–Crippen MR) is 158 cm³/mol. The molecule has 0 bridgehead atoms. The maximum absolute atomic E-state index is 12.3. The van der Waals surface area contributed by atoms with Gasteiger partial charge >= 0.3 is 23.9 Å². The van der Waals surface area contributed by atoms with Crippen LogP contribution in [0.3, 0.4) is 0 Å². The predicted octanol–water partition coefficient (Wildman–Crippen LogP) is 4.46. The average molecular weight is 619 g/mol. The van der Waals surface area contributed by atoms with Gasteiger partial charge in [-0.15, -0.1) is 0 Å². The van der Waals surface area contributed by atoms with Gasteiger partial charge in [-0.05, 0) is 11.6 Å². The number of thioether (sulfide) groups is 1. The summed E-state index contributed by atoms with van der Waals surface area (Å²) in [6.07, 6.45) is -5.08. The first-order valence-electron chi connectivity index (χ1n) is 13.6. The van der Waals surface area contributed by atoms with Crippen LogP contribution in [0.2, 0.25) is 0 Å². The molecule has 3 aromatic rings. The first kappa shape index (κ1) is 32.2. The van der Waals surface area contributed by atoms with Crippen molar-refractivity contribution in [1.29, 1.82) is 5.26 Å². The molecule has 0 amide bonds. The van der Waals surface area contributed by atoms with Crippen molar-refractivity contribution >= 4 is 35.6 Å². The van der Waals surface area contributed by atoms with Crippen LogP contribution in [0.1, 0.15) is 33.3 Å². The molecule has 1 aliphatic rings. The highest BCUT2D eigenvalue weighted by Gasteiger charge is 2.52. The maximum atomic E-state index is 12.3. The summed E-state index contributed by atoms with van der Waals surface area (Å²) in [5, 5.41) is 10.6. The topological polar surface area (TPSA) is 151 Å². The number of hydrogen-bond donors (Lipinski definition) is 0. The van der Waals surface area contributed by atoms with E-state index < -0.39 is 53.7 Å². The summed E-state index contributed by atoms with van der Waals surface area (Å²) in [4.78, 5) is 53.1. The van der Waals surface area contributed by atoms with Gasteiger partial charge in [-0.3, -0.25) is 19.2 Å². The number of benzene rings is 2. The molecule has 0 radical (unpaired) electrons. The molecular weight excluding hydrogens is 588 g/mol. The van der Waals surface area contributed by atoms with Gasteiger partial charge in [-0.1, -0.05) is 72.4 Å². The second kappa shape index (κ2) is 14.6. The Morgan fingerprint density at radius 2 is 1.34 bits per heavy atom. The van der Waals surface area contributed by atoms with E-state index in [0.717, 1.165) is 36.7 Å². The number of nitriles is 1. The van der Waals surface area contributed by atoms with Gasteiger partial charge in [-0.25, -0.2) is 4.98 Å². The summed E-state index contributed by atoms with van der Waals surface area (Å²) in [5.74, 6) is -2.82. The number of pyridine rings is 1. The van der Waals surface area contributed by atoms with Crippen LogP contribution in [0.5, 0.6) is 0 Å². The lowest BCUT2D eigenvalue weighted by Gasteiger charge is -2.44. The smallest absolute Gasteiger partial charge is 0.303 e. The van der Waals surface area contributed by atoms with Crippen LogP contribution in [0, 0.1) is 11.3 Å². The van der Waals surface area contributed by atoms with E-state index >= 15 is 0 Å². The van der Waals surface area contributed by atoms with E-state index in [0.29, 0.717) is 11.3 Å². The number of ether oxygens (including phenoxy) is 5. The van der Waals surface area contributed by atoms with Crippen molar-refractivity contribution in [2.75, 3.05) is 6.61 Å². The van der Waals surface area contributed by atoms with Crippen LogP contribution in [-0.2, 0) is 42.9 Å². The number of esters is 4. The minimum Gasteiger partial charge on any atom is -0.463 e. The van der Waals surface area contributed by atoms with Crippen molar-refractivity contribution in [3.8, 4) is 28.5 Å². The molecule has 12 heteroatoms. The normalized spacial score (nSPS) is 20.9. The molecule has 1 aromatic heterocycles. The van der Waals surface area contributed by atoms with E-state index in [9.17, 15) is 24.4 Å². The van der Waals surface area contributed by atoms with Gasteiger partial charge in [0.2, 0.25) is 0 Å². The fourth-order valence-corrected chi connectivity index (χ4v) is 5.90. The Morgan fingerprint density at radius 1 is 0.795 bits per heavy atom. The van der Waals surface area contributed by atoms with Crippen LogP contribution in [0.25, 0.3) is 22.4 Å². The van der Waals surface area contributed by atoms with E-state index in [4.69, 9.17) is 28.7 Å². The highest BCUT2D eigenvalue weighted by Crippen LogP contribution is 2.41. The highest BCUT2D eigenvalue weighted by molar-refractivity contribution is 7.99. The minimum atomic E-state index is -1.34. The Labute approximate surface area is 258 Å². The average Bonchev–Trinajstić information content (AvgIpc) is 2.99. The fourth-order valence-electron chi connectivity index (χ4n) is 4.71. The summed E-state index contributed by atoms with van der Waals surface area (Å²) in [5.41, 5.74) is 1.81. The molecule has 4 rings (SSSR count). The lowest BCUT2D eigenvalue weighted by molar-refractivity contribution is -0.237. The summed E-state index contributed by atoms with van der Waals surface area (Å²) < 4.78 is 28.1. The molecule has 5 atom stereocenters. The number of rotatable bonds is 9. The number of carbonyl (C=O) groups is 4. The standard InChI is InChI=1S/C32H30N2O9S/c1-18(35)39-17-27-28(40-19(2)36)29(41-20(3)37)30(42-21(4)38)32(43-27)44-31-25(16-33)24(22-11-7-5-8-12-22)15-26(34-31)23-13-9-6-10-14-23/h5-15,27-30,32H,17H2,1-4H3/t27-,28+,29+,30-,32+/m1/s1. The van der Waals surface area contributed by atoms with E-state index in [-0.39, 0.29) is 17.2 Å². The maximum Gasteiger partial charge on any atom is 0.303 e. The third-order valence-electron chi connectivity index (χ3n) is 6.43. The van der Waals surface area contributed by atoms with Crippen LogP contribution in [0.4, 0.5) is 0 Å². The largest absolute Gasteiger partial charge is 0.463 e. The summed E-state index contributed by atoms with van der Waals surface area (Å²) in [7, 11) is 0. The molecule has 0 aliphatic carbocycles. The zero-order chi connectivity index (χ0) is 31.8. The first-order chi connectivity index (χ1) is 21.1. The molecule has 2 heterocycles. The van der Waals surface area contributed by atoms with E-state index in [2.05, 4.69) is 6.07 Å². The van der Waals surface area contributed by atoms with E-state index in [1.54, 1.807) is 0 Å². The summed E-state index contributed by atoms with van der Waals surface area (Å²) in [6.45, 7) is 4.30. The number of carbonyl (C=O) groups excluding carboxylic acids is 4. The third-order valence-corrected chi connectivity index (χ3v) is 7.56. The number of aromatic nitrogens is 1. The molecule has 44 heavy (non-hydrogen) atoms.